The van der Waals surface area contributed by atoms with E-state index in [9.17, 15) is 31.1 Å². The summed E-state index contributed by atoms with van der Waals surface area (Å²) >= 11 is 5.44. The molecular formula is C17H12ClF6N9O. The molecule has 0 radical (unpaired) electrons. The first-order valence-electron chi connectivity index (χ1n) is 9.45. The Labute approximate surface area is 190 Å². The summed E-state index contributed by atoms with van der Waals surface area (Å²) in [7, 11) is 0. The normalized spacial score (nSPS) is 15.0. The van der Waals surface area contributed by atoms with Crippen molar-refractivity contribution in [1.82, 2.24) is 39.6 Å². The molecule has 4 aromatic heterocycles. The van der Waals surface area contributed by atoms with Crippen LogP contribution in [0.1, 0.15) is 24.5 Å². The largest absolute Gasteiger partial charge is 0.453 e. The Morgan fingerprint density at radius 3 is 1.76 bits per heavy atom. The van der Waals surface area contributed by atoms with Gasteiger partial charge >= 0.3 is 12.4 Å². The second kappa shape index (κ2) is 8.66. The predicted molar refractivity (Wildman–Crippen MR) is 103 cm³/mol. The van der Waals surface area contributed by atoms with Crippen molar-refractivity contribution >= 4 is 34.5 Å². The number of nitrogens with zero attached hydrogens (tertiary/aromatic N) is 9. The summed E-state index contributed by atoms with van der Waals surface area (Å²) in [5.74, 6) is -1.80. The van der Waals surface area contributed by atoms with Crippen molar-refractivity contribution in [3.05, 3.63) is 41.1 Å². The molecule has 0 atom stereocenters. The van der Waals surface area contributed by atoms with E-state index in [0.29, 0.717) is 40.8 Å². The highest BCUT2D eigenvalue weighted by Crippen LogP contribution is 2.29. The number of hydrogen-bond acceptors (Lipinski definition) is 8. The first kappa shape index (κ1) is 23.6. The van der Waals surface area contributed by atoms with Gasteiger partial charge in [-0.3, -0.25) is 4.79 Å². The molecule has 0 unspecified atom stereocenters. The monoisotopic (exact) mass is 507 g/mol. The van der Waals surface area contributed by atoms with Gasteiger partial charge in [0.1, 0.15) is 16.8 Å². The van der Waals surface area contributed by atoms with Gasteiger partial charge in [0.25, 0.3) is 11.6 Å². The topological polar surface area (TPSA) is 106 Å². The van der Waals surface area contributed by atoms with Gasteiger partial charge in [-0.1, -0.05) is 11.6 Å². The minimum atomic E-state index is -4.61. The average Bonchev–Trinajstić information content (AvgIpc) is 3.37. The molecule has 1 aliphatic rings. The lowest BCUT2D eigenvalue weighted by Crippen LogP contribution is -2.34. The zero-order valence-corrected chi connectivity index (χ0v) is 17.5. The zero-order chi connectivity index (χ0) is 24.7. The Balaban J connectivity index is 0.000000172. The number of piperidine rings is 1. The van der Waals surface area contributed by atoms with Gasteiger partial charge in [-0.05, 0) is 24.3 Å². The third-order valence-corrected chi connectivity index (χ3v) is 4.83. The molecule has 17 heteroatoms. The Morgan fingerprint density at radius 1 is 0.735 bits per heavy atom. The van der Waals surface area contributed by atoms with Crippen LogP contribution in [0.4, 0.5) is 32.2 Å². The molecule has 180 valence electrons. The van der Waals surface area contributed by atoms with Crippen LogP contribution >= 0.6 is 11.6 Å². The molecule has 10 nitrogen and oxygen atoms in total. The first-order valence-corrected chi connectivity index (χ1v) is 9.83. The van der Waals surface area contributed by atoms with Crippen molar-refractivity contribution in [3.8, 4) is 0 Å². The summed E-state index contributed by atoms with van der Waals surface area (Å²) < 4.78 is 76.3. The van der Waals surface area contributed by atoms with E-state index in [4.69, 9.17) is 11.6 Å². The Hall–Kier alpha value is -3.56. The number of Topliss-reactive ketones (excluding diaryl/α,β-unsaturated/α-hetero) is 1. The van der Waals surface area contributed by atoms with Crippen molar-refractivity contribution in [2.45, 2.75) is 25.2 Å². The summed E-state index contributed by atoms with van der Waals surface area (Å²) in [4.78, 5) is 13.0. The zero-order valence-electron chi connectivity index (χ0n) is 16.7. The van der Waals surface area contributed by atoms with E-state index < -0.39 is 24.0 Å². The molecule has 34 heavy (non-hydrogen) atoms. The van der Waals surface area contributed by atoms with Gasteiger partial charge in [0, 0.05) is 25.9 Å². The molecule has 1 saturated heterocycles. The van der Waals surface area contributed by atoms with E-state index in [2.05, 4.69) is 30.6 Å². The molecule has 0 N–H and O–H groups in total. The Kier molecular flexibility index (Phi) is 6.01. The number of rotatable bonds is 1. The number of hydrogen-bond donors (Lipinski definition) is 0. The van der Waals surface area contributed by atoms with Crippen LogP contribution in [0.15, 0.2) is 24.3 Å². The molecule has 5 heterocycles. The van der Waals surface area contributed by atoms with Gasteiger partial charge in [-0.25, -0.2) is 0 Å². The fraction of sp³-hybridized carbons (Fsp3) is 0.353. The lowest BCUT2D eigenvalue weighted by Gasteiger charge is -2.26. The highest BCUT2D eigenvalue weighted by atomic mass is 35.5. The standard InChI is InChI=1S/C11H10F3N5O.C6H2ClF3N4/c12-11(13,14)10-16-15-8-1-2-9(17-19(8)10)18-5-3-7(20)4-6-18;7-3-1-2-4-11-12-5(6(8,9)10)14(4)13-3/h1-2H,3-6H2;1-2H. The number of ketones is 1. The second-order valence-corrected chi connectivity index (χ2v) is 7.34. The number of alkyl halides is 6. The van der Waals surface area contributed by atoms with E-state index in [1.54, 1.807) is 11.0 Å². The minimum Gasteiger partial charge on any atom is -0.354 e. The molecule has 0 aromatic carbocycles. The lowest BCUT2D eigenvalue weighted by atomic mass is 10.1. The van der Waals surface area contributed by atoms with Crippen LogP contribution in [0.5, 0.6) is 0 Å². The van der Waals surface area contributed by atoms with E-state index >= 15 is 0 Å². The summed E-state index contributed by atoms with van der Waals surface area (Å²) in [6, 6.07) is 5.66. The van der Waals surface area contributed by atoms with Crippen molar-refractivity contribution < 1.29 is 31.1 Å². The van der Waals surface area contributed by atoms with E-state index in [-0.39, 0.29) is 22.2 Å². The van der Waals surface area contributed by atoms with Gasteiger partial charge in [-0.15, -0.1) is 25.5 Å². The van der Waals surface area contributed by atoms with Crippen molar-refractivity contribution in [3.63, 3.8) is 0 Å². The fourth-order valence-corrected chi connectivity index (χ4v) is 3.19. The highest BCUT2D eigenvalue weighted by molar-refractivity contribution is 6.29. The molecule has 0 aliphatic carbocycles. The van der Waals surface area contributed by atoms with Crippen LogP contribution in [0.25, 0.3) is 11.3 Å². The third kappa shape index (κ3) is 4.85. The molecule has 4 aromatic rings. The van der Waals surface area contributed by atoms with E-state index in [1.807, 2.05) is 0 Å². The quantitative estimate of drug-likeness (QED) is 0.362. The number of halogens is 7. The number of carbonyl (C=O) groups excluding carboxylic acids is 1. The Morgan fingerprint density at radius 2 is 1.24 bits per heavy atom. The van der Waals surface area contributed by atoms with Gasteiger partial charge in [0.05, 0.1) is 0 Å². The molecule has 1 fully saturated rings. The number of anilines is 1. The van der Waals surface area contributed by atoms with Crippen LogP contribution in [0.3, 0.4) is 0 Å². The molecule has 0 bridgehead atoms. The highest BCUT2D eigenvalue weighted by Gasteiger charge is 2.38. The smallest absolute Gasteiger partial charge is 0.354 e. The maximum absolute atomic E-state index is 12.8. The maximum atomic E-state index is 12.8. The van der Waals surface area contributed by atoms with Gasteiger partial charge in [-0.2, -0.15) is 40.5 Å². The molecule has 1 aliphatic heterocycles. The summed E-state index contributed by atoms with van der Waals surface area (Å²) in [6.07, 6.45) is -8.43. The van der Waals surface area contributed by atoms with Gasteiger partial charge < -0.3 is 4.90 Å². The van der Waals surface area contributed by atoms with Gasteiger partial charge in [0.2, 0.25) is 0 Å². The summed E-state index contributed by atoms with van der Waals surface area (Å²) in [5, 5.41) is 20.2. The molecule has 0 spiro atoms. The molecule has 0 amide bonds. The predicted octanol–water partition coefficient (Wildman–Crippen LogP) is 3.11. The average molecular weight is 508 g/mol. The molecular weight excluding hydrogens is 496 g/mol. The fourth-order valence-electron chi connectivity index (χ4n) is 3.05. The van der Waals surface area contributed by atoms with Crippen molar-refractivity contribution in [1.29, 1.82) is 0 Å². The summed E-state index contributed by atoms with van der Waals surface area (Å²) in [6.45, 7) is 0.918. The van der Waals surface area contributed by atoms with Crippen molar-refractivity contribution in [2.24, 2.45) is 0 Å². The van der Waals surface area contributed by atoms with Crippen molar-refractivity contribution in [2.75, 3.05) is 18.0 Å². The van der Waals surface area contributed by atoms with Gasteiger partial charge in [0.15, 0.2) is 11.3 Å². The Bertz CT molecular complexity index is 1340. The molecule has 5 rings (SSSR count). The minimum absolute atomic E-state index is 0.00160. The van der Waals surface area contributed by atoms with E-state index in [1.165, 1.54) is 18.2 Å². The number of fused-ring (bicyclic) bond motifs is 2. The first-order chi connectivity index (χ1) is 15.9. The van der Waals surface area contributed by atoms with Crippen LogP contribution in [0, 0.1) is 0 Å². The SMILES string of the molecule is FC(F)(F)c1nnc2ccc(Cl)nn12.O=C1CCN(c2ccc3nnc(C(F)(F)F)n3n2)CC1. The van der Waals surface area contributed by atoms with Crippen LogP contribution < -0.4 is 4.90 Å². The molecule has 0 saturated carbocycles. The second-order valence-electron chi connectivity index (χ2n) is 6.96. The lowest BCUT2D eigenvalue weighted by molar-refractivity contribution is -0.147. The van der Waals surface area contributed by atoms with Crippen LogP contribution in [0.2, 0.25) is 5.15 Å². The van der Waals surface area contributed by atoms with E-state index in [0.717, 1.165) is 0 Å². The van der Waals surface area contributed by atoms with Crippen LogP contribution in [-0.4, -0.2) is 58.5 Å². The summed E-state index contributed by atoms with van der Waals surface area (Å²) in [5.41, 5.74) is 0.0379. The maximum Gasteiger partial charge on any atom is 0.453 e. The number of carbonyl (C=O) groups is 1. The van der Waals surface area contributed by atoms with Crippen LogP contribution in [-0.2, 0) is 17.1 Å². The number of aromatic nitrogens is 8. The third-order valence-electron chi connectivity index (χ3n) is 4.63.